The van der Waals surface area contributed by atoms with Crippen LogP contribution in [-0.4, -0.2) is 36.6 Å². The largest absolute Gasteiger partial charge is 0.439 e. The van der Waals surface area contributed by atoms with Crippen molar-refractivity contribution in [3.05, 3.63) is 0 Å². The van der Waals surface area contributed by atoms with E-state index in [-0.39, 0.29) is 0 Å². The lowest BCUT2D eigenvalue weighted by molar-refractivity contribution is 0.269. The molecule has 0 rings (SSSR count). The van der Waals surface area contributed by atoms with Crippen LogP contribution >= 0.6 is 0 Å². The number of rotatable bonds is 7. The Balaban J connectivity index is 3.76. The molecule has 0 aliphatic carbocycles. The average Bonchev–Trinajstić information content (AvgIpc) is 2.14. The summed E-state index contributed by atoms with van der Waals surface area (Å²) in [5, 5.41) is 0. The van der Waals surface area contributed by atoms with Gasteiger partial charge in [0, 0.05) is 6.61 Å². The SMILES string of the molecule is CCCCO[Si](NC)(NC)NC. The second-order valence-electron chi connectivity index (χ2n) is 2.63. The summed E-state index contributed by atoms with van der Waals surface area (Å²) in [6.45, 7) is 2.97. The van der Waals surface area contributed by atoms with Crippen molar-refractivity contribution in [2.75, 3.05) is 27.7 Å². The minimum Gasteiger partial charge on any atom is -0.380 e. The fraction of sp³-hybridized carbons (Fsp3) is 1.00. The van der Waals surface area contributed by atoms with E-state index >= 15 is 0 Å². The summed E-state index contributed by atoms with van der Waals surface area (Å²) in [6, 6.07) is 0. The highest BCUT2D eigenvalue weighted by atomic mass is 28.4. The van der Waals surface area contributed by atoms with Gasteiger partial charge >= 0.3 is 8.80 Å². The van der Waals surface area contributed by atoms with E-state index in [2.05, 4.69) is 21.9 Å². The molecule has 0 bridgehead atoms. The summed E-state index contributed by atoms with van der Waals surface area (Å²) >= 11 is 0. The third-order valence-corrected chi connectivity index (χ3v) is 4.62. The molecule has 0 spiro atoms. The molecule has 0 aromatic rings. The minimum atomic E-state index is -2.00. The van der Waals surface area contributed by atoms with Crippen LogP contribution in [0, 0.1) is 0 Å². The summed E-state index contributed by atoms with van der Waals surface area (Å²) in [5.41, 5.74) is 0. The smallest absolute Gasteiger partial charge is 0.380 e. The highest BCUT2D eigenvalue weighted by Crippen LogP contribution is 1.93. The van der Waals surface area contributed by atoms with Gasteiger partial charge in [-0.3, -0.25) is 14.9 Å². The van der Waals surface area contributed by atoms with Crippen LogP contribution in [0.1, 0.15) is 19.8 Å². The van der Waals surface area contributed by atoms with E-state index in [1.807, 2.05) is 21.1 Å². The topological polar surface area (TPSA) is 45.3 Å². The monoisotopic (exact) mass is 191 g/mol. The molecule has 0 aliphatic heterocycles. The number of unbranched alkanes of at least 4 members (excludes halogenated alkanes) is 1. The number of hydrogen-bond acceptors (Lipinski definition) is 4. The normalized spacial score (nSPS) is 12.0. The summed E-state index contributed by atoms with van der Waals surface area (Å²) in [5.74, 6) is 0. The van der Waals surface area contributed by atoms with E-state index in [1.54, 1.807) is 0 Å². The van der Waals surface area contributed by atoms with Crippen LogP contribution in [0.15, 0.2) is 0 Å². The Morgan fingerprint density at radius 3 is 1.92 bits per heavy atom. The van der Waals surface area contributed by atoms with Gasteiger partial charge in [-0.1, -0.05) is 13.3 Å². The van der Waals surface area contributed by atoms with Gasteiger partial charge in [-0.25, -0.2) is 0 Å². The lowest BCUT2D eigenvalue weighted by Crippen LogP contribution is -2.71. The molecule has 5 heteroatoms. The number of hydrogen-bond donors (Lipinski definition) is 3. The first-order valence-corrected chi connectivity index (χ1v) is 6.36. The molecule has 0 aromatic heterocycles. The fourth-order valence-electron chi connectivity index (χ4n) is 0.961. The molecule has 0 saturated carbocycles. The molecule has 4 nitrogen and oxygen atoms in total. The van der Waals surface area contributed by atoms with Crippen molar-refractivity contribution in [2.45, 2.75) is 19.8 Å². The minimum absolute atomic E-state index is 0.811. The zero-order valence-electron chi connectivity index (χ0n) is 8.53. The molecule has 0 heterocycles. The van der Waals surface area contributed by atoms with E-state index in [0.717, 1.165) is 13.0 Å². The Labute approximate surface area is 76.4 Å². The fourth-order valence-corrected chi connectivity index (χ4v) is 2.59. The van der Waals surface area contributed by atoms with Gasteiger partial charge in [0.25, 0.3) is 0 Å². The van der Waals surface area contributed by atoms with E-state index in [4.69, 9.17) is 4.43 Å². The van der Waals surface area contributed by atoms with Crippen LogP contribution in [0.4, 0.5) is 0 Å². The third kappa shape index (κ3) is 3.64. The van der Waals surface area contributed by atoms with Crippen molar-refractivity contribution in [3.8, 4) is 0 Å². The van der Waals surface area contributed by atoms with Crippen LogP contribution in [-0.2, 0) is 4.43 Å². The molecule has 0 saturated heterocycles. The van der Waals surface area contributed by atoms with Gasteiger partial charge in [-0.2, -0.15) is 0 Å². The maximum atomic E-state index is 5.72. The molecule has 0 fully saturated rings. The third-order valence-electron chi connectivity index (χ3n) is 1.87. The Hall–Kier alpha value is 0.0569. The highest BCUT2D eigenvalue weighted by Gasteiger charge is 2.31. The van der Waals surface area contributed by atoms with Crippen molar-refractivity contribution < 1.29 is 4.43 Å². The van der Waals surface area contributed by atoms with Gasteiger partial charge < -0.3 is 4.43 Å². The maximum absolute atomic E-state index is 5.72. The first kappa shape index (κ1) is 12.1. The lowest BCUT2D eigenvalue weighted by Gasteiger charge is -2.27. The van der Waals surface area contributed by atoms with Gasteiger partial charge in [-0.15, -0.1) is 0 Å². The van der Waals surface area contributed by atoms with E-state index in [0.29, 0.717) is 0 Å². The second kappa shape index (κ2) is 6.56. The van der Waals surface area contributed by atoms with Crippen molar-refractivity contribution in [3.63, 3.8) is 0 Å². The van der Waals surface area contributed by atoms with Crippen LogP contribution in [0.2, 0.25) is 0 Å². The van der Waals surface area contributed by atoms with Crippen LogP contribution < -0.4 is 14.9 Å². The molecule has 0 aromatic carbocycles. The summed E-state index contributed by atoms with van der Waals surface area (Å²) in [4.78, 5) is 9.50. The molecule has 3 N–H and O–H groups in total. The molecule has 12 heavy (non-hydrogen) atoms. The van der Waals surface area contributed by atoms with E-state index < -0.39 is 8.80 Å². The Kier molecular flexibility index (Phi) is 6.59. The molecule has 0 unspecified atom stereocenters. The van der Waals surface area contributed by atoms with Gasteiger partial charge in [-0.05, 0) is 27.6 Å². The number of nitrogens with one attached hydrogen (secondary N) is 3. The van der Waals surface area contributed by atoms with Gasteiger partial charge in [0.2, 0.25) is 0 Å². The van der Waals surface area contributed by atoms with Crippen LogP contribution in [0.3, 0.4) is 0 Å². The molecular formula is C7H21N3OSi. The first-order chi connectivity index (χ1) is 5.74. The average molecular weight is 191 g/mol. The zero-order valence-corrected chi connectivity index (χ0v) is 9.53. The van der Waals surface area contributed by atoms with Crippen molar-refractivity contribution >= 4 is 8.80 Å². The Bertz CT molecular complexity index is 101. The van der Waals surface area contributed by atoms with Gasteiger partial charge in [0.15, 0.2) is 0 Å². The van der Waals surface area contributed by atoms with Crippen LogP contribution in [0.5, 0.6) is 0 Å². The van der Waals surface area contributed by atoms with Gasteiger partial charge in [0.1, 0.15) is 0 Å². The summed E-state index contributed by atoms with van der Waals surface area (Å²) < 4.78 is 5.72. The zero-order chi connectivity index (χ0) is 9.45. The first-order valence-electron chi connectivity index (χ1n) is 4.45. The molecule has 0 radical (unpaired) electrons. The van der Waals surface area contributed by atoms with Gasteiger partial charge in [0.05, 0.1) is 0 Å². The Morgan fingerprint density at radius 2 is 1.58 bits per heavy atom. The van der Waals surface area contributed by atoms with Crippen molar-refractivity contribution in [1.82, 2.24) is 14.9 Å². The molecule has 74 valence electrons. The van der Waals surface area contributed by atoms with Crippen LogP contribution in [0.25, 0.3) is 0 Å². The standard InChI is InChI=1S/C7H21N3OSi/c1-5-6-7-11-12(8-2,9-3)10-4/h8-10H,5-7H2,1-4H3. The van der Waals surface area contributed by atoms with E-state index in [1.165, 1.54) is 6.42 Å². The highest BCUT2D eigenvalue weighted by molar-refractivity contribution is 6.65. The second-order valence-corrected chi connectivity index (χ2v) is 5.78. The Morgan fingerprint density at radius 1 is 1.08 bits per heavy atom. The molecular weight excluding hydrogens is 170 g/mol. The quantitative estimate of drug-likeness (QED) is 0.388. The van der Waals surface area contributed by atoms with Crippen molar-refractivity contribution in [1.29, 1.82) is 0 Å². The molecule has 0 atom stereocenters. The lowest BCUT2D eigenvalue weighted by atomic mass is 10.4. The predicted molar refractivity (Wildman–Crippen MR) is 53.8 cm³/mol. The van der Waals surface area contributed by atoms with Crippen molar-refractivity contribution in [2.24, 2.45) is 0 Å². The molecule has 0 amide bonds. The summed E-state index contributed by atoms with van der Waals surface area (Å²) in [6.07, 6.45) is 2.28. The summed E-state index contributed by atoms with van der Waals surface area (Å²) in [7, 11) is 3.72. The predicted octanol–water partition coefficient (Wildman–Crippen LogP) is -0.103. The van der Waals surface area contributed by atoms with E-state index in [9.17, 15) is 0 Å². The molecule has 0 aliphatic rings. The maximum Gasteiger partial charge on any atom is 0.439 e.